The lowest BCUT2D eigenvalue weighted by molar-refractivity contribution is -0.113. The Morgan fingerprint density at radius 3 is 2.41 bits per heavy atom. The number of methoxy groups -OCH3 is 3. The number of hydrogen-bond acceptors (Lipinski definition) is 7. The molecule has 29 heavy (non-hydrogen) atoms. The maximum absolute atomic E-state index is 13.0. The lowest BCUT2D eigenvalue weighted by Gasteiger charge is -2.15. The van der Waals surface area contributed by atoms with Gasteiger partial charge in [-0.2, -0.15) is 0 Å². The summed E-state index contributed by atoms with van der Waals surface area (Å²) in [5.41, 5.74) is 1.73. The van der Waals surface area contributed by atoms with Crippen LogP contribution in [0, 0.1) is 0 Å². The fraction of sp³-hybridized carbons (Fsp3) is 0.190. The van der Waals surface area contributed by atoms with Crippen LogP contribution < -0.4 is 19.1 Å². The van der Waals surface area contributed by atoms with E-state index in [1.807, 2.05) is 0 Å². The Morgan fingerprint density at radius 2 is 1.79 bits per heavy atom. The molecule has 1 heterocycles. The number of amides is 1. The van der Waals surface area contributed by atoms with Gasteiger partial charge in [-0.05, 0) is 37.3 Å². The molecule has 0 saturated carbocycles. The van der Waals surface area contributed by atoms with Crippen LogP contribution in [0.2, 0.25) is 0 Å². The average molecular weight is 430 g/mol. The van der Waals surface area contributed by atoms with Gasteiger partial charge in [-0.25, -0.2) is 0 Å². The minimum Gasteiger partial charge on any atom is -0.493 e. The van der Waals surface area contributed by atoms with Crippen LogP contribution in [-0.2, 0) is 4.79 Å². The monoisotopic (exact) mass is 429 g/mol. The smallest absolute Gasteiger partial charge is 0.270 e. The molecule has 2 aromatic rings. The average Bonchev–Trinajstić information content (AvgIpc) is 3.00. The molecule has 1 aliphatic rings. The van der Waals surface area contributed by atoms with Crippen LogP contribution in [0.15, 0.2) is 41.3 Å². The molecule has 0 spiro atoms. The van der Waals surface area contributed by atoms with Gasteiger partial charge in [-0.3, -0.25) is 14.5 Å². The van der Waals surface area contributed by atoms with E-state index in [0.717, 1.165) is 0 Å². The highest BCUT2D eigenvalue weighted by atomic mass is 32.2. The highest BCUT2D eigenvalue weighted by molar-refractivity contribution is 8.27. The molecule has 1 aliphatic heterocycles. The van der Waals surface area contributed by atoms with Crippen molar-refractivity contribution < 1.29 is 23.8 Å². The molecular weight excluding hydrogens is 410 g/mol. The summed E-state index contributed by atoms with van der Waals surface area (Å²) in [7, 11) is 4.58. The van der Waals surface area contributed by atoms with Crippen molar-refractivity contribution in [3.8, 4) is 17.2 Å². The van der Waals surface area contributed by atoms with Crippen molar-refractivity contribution >= 4 is 51.8 Å². The fourth-order valence-electron chi connectivity index (χ4n) is 2.93. The highest BCUT2D eigenvalue weighted by Gasteiger charge is 2.34. The third kappa shape index (κ3) is 3.99. The Kier molecular flexibility index (Phi) is 6.24. The molecular formula is C21H19NO5S2. The number of ether oxygens (including phenoxy) is 3. The summed E-state index contributed by atoms with van der Waals surface area (Å²) in [6, 6.07) is 10.4. The number of rotatable bonds is 6. The number of carbonyl (C=O) groups is 2. The van der Waals surface area contributed by atoms with Gasteiger partial charge in [0, 0.05) is 11.1 Å². The van der Waals surface area contributed by atoms with Gasteiger partial charge in [0.25, 0.3) is 5.91 Å². The van der Waals surface area contributed by atoms with E-state index in [0.29, 0.717) is 43.3 Å². The molecule has 150 valence electrons. The Balaban J connectivity index is 2.01. The third-order valence-electron chi connectivity index (χ3n) is 4.33. The molecule has 0 bridgehead atoms. The molecule has 6 nitrogen and oxygen atoms in total. The predicted molar refractivity (Wildman–Crippen MR) is 118 cm³/mol. The zero-order valence-electron chi connectivity index (χ0n) is 16.3. The predicted octanol–water partition coefficient (Wildman–Crippen LogP) is 4.32. The number of Topliss-reactive ketones (excluding diaryl/α,β-unsaturated/α-hetero) is 1. The van der Waals surface area contributed by atoms with E-state index in [1.165, 1.54) is 44.9 Å². The minimum atomic E-state index is -0.266. The lowest BCUT2D eigenvalue weighted by Crippen LogP contribution is -2.27. The van der Waals surface area contributed by atoms with E-state index in [-0.39, 0.29) is 11.7 Å². The van der Waals surface area contributed by atoms with Crippen molar-refractivity contribution in [3.05, 3.63) is 52.4 Å². The van der Waals surface area contributed by atoms with Gasteiger partial charge >= 0.3 is 0 Å². The van der Waals surface area contributed by atoms with Crippen molar-refractivity contribution in [2.24, 2.45) is 0 Å². The van der Waals surface area contributed by atoms with Crippen LogP contribution in [0.25, 0.3) is 6.08 Å². The molecule has 8 heteroatoms. The van der Waals surface area contributed by atoms with E-state index < -0.39 is 0 Å². The summed E-state index contributed by atoms with van der Waals surface area (Å²) < 4.78 is 16.6. The molecule has 0 radical (unpaired) electrons. The topological polar surface area (TPSA) is 65.1 Å². The molecule has 1 fully saturated rings. The lowest BCUT2D eigenvalue weighted by atomic mass is 10.1. The molecule has 1 amide bonds. The van der Waals surface area contributed by atoms with Crippen LogP contribution in [0.5, 0.6) is 17.2 Å². The molecule has 0 unspecified atom stereocenters. The third-order valence-corrected chi connectivity index (χ3v) is 5.63. The van der Waals surface area contributed by atoms with Crippen LogP contribution in [-0.4, -0.2) is 37.3 Å². The maximum atomic E-state index is 13.0. The highest BCUT2D eigenvalue weighted by Crippen LogP contribution is 2.43. The van der Waals surface area contributed by atoms with Gasteiger partial charge < -0.3 is 14.2 Å². The Hall–Kier alpha value is -2.84. The Labute approximate surface area is 178 Å². The first-order chi connectivity index (χ1) is 13.9. The minimum absolute atomic E-state index is 0.0807. The number of thiocarbonyl (C=S) groups is 1. The van der Waals surface area contributed by atoms with Crippen LogP contribution in [0.1, 0.15) is 22.8 Å². The van der Waals surface area contributed by atoms with E-state index in [4.69, 9.17) is 26.4 Å². The zero-order valence-corrected chi connectivity index (χ0v) is 18.0. The quantitative estimate of drug-likeness (QED) is 0.385. The van der Waals surface area contributed by atoms with E-state index in [1.54, 1.807) is 42.5 Å². The first kappa shape index (κ1) is 20.9. The SMILES string of the molecule is COc1ccc(C=C2SC(=S)N(c3cccc(C(C)=O)c3)C2=O)c(OC)c1OC. The number of thioether (sulfide) groups is 1. The number of carbonyl (C=O) groups excluding carboxylic acids is 2. The first-order valence-electron chi connectivity index (χ1n) is 8.59. The van der Waals surface area contributed by atoms with Gasteiger partial charge in [-0.15, -0.1) is 0 Å². The second-order valence-corrected chi connectivity index (χ2v) is 7.72. The number of anilines is 1. The number of hydrogen-bond donors (Lipinski definition) is 0. The summed E-state index contributed by atoms with van der Waals surface area (Å²) >= 11 is 6.60. The molecule has 1 saturated heterocycles. The van der Waals surface area contributed by atoms with Gasteiger partial charge in [0.15, 0.2) is 21.6 Å². The number of benzene rings is 2. The van der Waals surface area contributed by atoms with Crippen molar-refractivity contribution in [1.82, 2.24) is 0 Å². The van der Waals surface area contributed by atoms with Crippen LogP contribution >= 0.6 is 24.0 Å². The van der Waals surface area contributed by atoms with Crippen LogP contribution in [0.3, 0.4) is 0 Å². The van der Waals surface area contributed by atoms with E-state index in [2.05, 4.69) is 0 Å². The van der Waals surface area contributed by atoms with E-state index in [9.17, 15) is 9.59 Å². The summed E-state index contributed by atoms with van der Waals surface area (Å²) in [5.74, 6) is 1.07. The van der Waals surface area contributed by atoms with E-state index >= 15 is 0 Å². The summed E-state index contributed by atoms with van der Waals surface area (Å²) in [5, 5.41) is 0. The van der Waals surface area contributed by atoms with Gasteiger partial charge in [0.2, 0.25) is 5.75 Å². The van der Waals surface area contributed by atoms with Crippen LogP contribution in [0.4, 0.5) is 5.69 Å². The van der Waals surface area contributed by atoms with Crippen molar-refractivity contribution in [2.45, 2.75) is 6.92 Å². The number of ketones is 1. The molecule has 2 aromatic carbocycles. The Morgan fingerprint density at radius 1 is 1.07 bits per heavy atom. The van der Waals surface area contributed by atoms with Gasteiger partial charge in [0.05, 0.1) is 31.9 Å². The molecule has 0 N–H and O–H groups in total. The summed E-state index contributed by atoms with van der Waals surface area (Å²) in [6.45, 7) is 1.48. The maximum Gasteiger partial charge on any atom is 0.270 e. The van der Waals surface area contributed by atoms with Gasteiger partial charge in [0.1, 0.15) is 0 Å². The van der Waals surface area contributed by atoms with Crippen molar-refractivity contribution in [2.75, 3.05) is 26.2 Å². The molecule has 0 aromatic heterocycles. The fourth-order valence-corrected chi connectivity index (χ4v) is 4.22. The Bertz CT molecular complexity index is 1030. The zero-order chi connectivity index (χ0) is 21.1. The standard InChI is InChI=1S/C21H19NO5S2/c1-12(23)13-6-5-7-15(10-13)22-20(24)17(29-21(22)28)11-14-8-9-16(25-2)19(27-4)18(14)26-3/h5-11H,1-4H3. The first-order valence-corrected chi connectivity index (χ1v) is 9.81. The summed E-state index contributed by atoms with van der Waals surface area (Å²) in [6.07, 6.45) is 1.70. The second kappa shape index (κ2) is 8.67. The largest absolute Gasteiger partial charge is 0.493 e. The van der Waals surface area contributed by atoms with Gasteiger partial charge in [-0.1, -0.05) is 36.1 Å². The van der Waals surface area contributed by atoms with Crippen molar-refractivity contribution in [1.29, 1.82) is 0 Å². The molecule has 0 aliphatic carbocycles. The number of nitrogens with zero attached hydrogens (tertiary/aromatic N) is 1. The molecule has 0 atom stereocenters. The normalized spacial score (nSPS) is 15.0. The van der Waals surface area contributed by atoms with Crippen molar-refractivity contribution in [3.63, 3.8) is 0 Å². The second-order valence-electron chi connectivity index (χ2n) is 6.05. The summed E-state index contributed by atoms with van der Waals surface area (Å²) in [4.78, 5) is 26.6. The molecule has 3 rings (SSSR count).